The fraction of sp³-hybridized carbons (Fsp3) is 0.343. The molecule has 8 heteroatoms. The molecule has 5 nitrogen and oxygen atoms in total. The molecule has 4 aromatic rings. The number of carbonyl (C=O) groups excluding carboxylic acids is 1. The number of methoxy groups -OCH3 is 1. The summed E-state index contributed by atoms with van der Waals surface area (Å²) in [5, 5.41) is 2.91. The van der Waals surface area contributed by atoms with Crippen LogP contribution in [0.25, 0.3) is 10.8 Å². The van der Waals surface area contributed by atoms with E-state index in [9.17, 15) is 9.00 Å². The molecule has 4 aromatic carbocycles. The van der Waals surface area contributed by atoms with Crippen LogP contribution in [0.4, 0.5) is 0 Å². The number of rotatable bonds is 10. The van der Waals surface area contributed by atoms with Gasteiger partial charge >= 0.3 is 0 Å². The number of hydrogen-bond acceptors (Lipinski definition) is 4. The molecule has 0 N–H and O–H groups in total. The molecule has 1 saturated heterocycles. The highest BCUT2D eigenvalue weighted by Gasteiger charge is 2.26. The second kappa shape index (κ2) is 14.3. The summed E-state index contributed by atoms with van der Waals surface area (Å²) < 4.78 is 17.9. The van der Waals surface area contributed by atoms with Gasteiger partial charge in [-0.2, -0.15) is 0 Å². The summed E-state index contributed by atoms with van der Waals surface area (Å²) >= 11 is 12.7. The SMILES string of the molecule is COc1ccc2ccccc2c1C(=O)N(C)C[C@@H](CCN1CCC(c2ccccc2S(C)=O)CC1)c1ccc(Cl)c(Cl)c1. The number of fused-ring (bicyclic) bond motifs is 1. The lowest BCUT2D eigenvalue weighted by Crippen LogP contribution is -2.36. The Morgan fingerprint density at radius 1 is 1.00 bits per heavy atom. The average Bonchev–Trinajstić information content (AvgIpc) is 3.03. The number of ether oxygens (including phenoxy) is 1. The van der Waals surface area contributed by atoms with Gasteiger partial charge < -0.3 is 14.5 Å². The molecule has 1 aliphatic heterocycles. The lowest BCUT2D eigenvalue weighted by Gasteiger charge is -2.34. The van der Waals surface area contributed by atoms with Crippen LogP contribution in [0, 0.1) is 0 Å². The van der Waals surface area contributed by atoms with Gasteiger partial charge in [-0.15, -0.1) is 0 Å². The van der Waals surface area contributed by atoms with Gasteiger partial charge in [-0.3, -0.25) is 9.00 Å². The monoisotopic (exact) mass is 636 g/mol. The lowest BCUT2D eigenvalue weighted by molar-refractivity contribution is 0.0780. The van der Waals surface area contributed by atoms with E-state index in [1.54, 1.807) is 18.3 Å². The maximum absolute atomic E-state index is 13.9. The first kappa shape index (κ1) is 31.5. The van der Waals surface area contributed by atoms with E-state index in [1.165, 1.54) is 5.56 Å². The average molecular weight is 638 g/mol. The van der Waals surface area contributed by atoms with E-state index >= 15 is 0 Å². The molecule has 1 heterocycles. The largest absolute Gasteiger partial charge is 0.496 e. The van der Waals surface area contributed by atoms with Crippen LogP contribution < -0.4 is 4.74 Å². The number of halogens is 2. The first-order valence-corrected chi connectivity index (χ1v) is 17.0. The smallest absolute Gasteiger partial charge is 0.258 e. The van der Waals surface area contributed by atoms with E-state index in [4.69, 9.17) is 27.9 Å². The molecule has 0 aliphatic carbocycles. The molecule has 2 atom stereocenters. The highest BCUT2D eigenvalue weighted by molar-refractivity contribution is 7.84. The molecule has 1 amide bonds. The van der Waals surface area contributed by atoms with Gasteiger partial charge in [0.15, 0.2) is 0 Å². The quantitative estimate of drug-likeness (QED) is 0.177. The Kier molecular flexibility index (Phi) is 10.5. The molecule has 43 heavy (non-hydrogen) atoms. The number of nitrogens with zero attached hydrogens (tertiary/aromatic N) is 2. The fourth-order valence-electron chi connectivity index (χ4n) is 6.26. The number of piperidine rings is 1. The van der Waals surface area contributed by atoms with Crippen LogP contribution >= 0.6 is 23.2 Å². The van der Waals surface area contributed by atoms with Crippen molar-refractivity contribution in [2.24, 2.45) is 0 Å². The molecule has 1 fully saturated rings. The number of likely N-dealkylation sites (N-methyl/N-ethyl adjacent to an activating group) is 1. The highest BCUT2D eigenvalue weighted by atomic mass is 35.5. The highest BCUT2D eigenvalue weighted by Crippen LogP contribution is 2.34. The maximum atomic E-state index is 13.9. The predicted octanol–water partition coefficient (Wildman–Crippen LogP) is 8.02. The summed E-state index contributed by atoms with van der Waals surface area (Å²) in [7, 11) is 2.46. The van der Waals surface area contributed by atoms with Crippen LogP contribution in [0.1, 0.15) is 52.6 Å². The van der Waals surface area contributed by atoms with Crippen molar-refractivity contribution in [1.82, 2.24) is 9.80 Å². The standard InChI is InChI=1S/C35H38Cl2N2O3S/c1-38(35(40)34-29-10-5-4-8-24(29)13-15-32(34)42-2)23-27(26-12-14-30(36)31(37)22-26)18-21-39-19-16-25(17-20-39)28-9-6-7-11-33(28)43(3)41/h4-15,22,25,27H,16-21,23H2,1-3H3/t27-,43?/m1/s1. The van der Waals surface area contributed by atoms with Crippen molar-refractivity contribution in [3.8, 4) is 5.75 Å². The summed E-state index contributed by atoms with van der Waals surface area (Å²) in [6, 6.07) is 25.7. The predicted molar refractivity (Wildman–Crippen MR) is 178 cm³/mol. The van der Waals surface area contributed by atoms with Crippen molar-refractivity contribution in [3.63, 3.8) is 0 Å². The van der Waals surface area contributed by atoms with Gasteiger partial charge in [0.1, 0.15) is 5.75 Å². The van der Waals surface area contributed by atoms with E-state index in [0.29, 0.717) is 33.8 Å². The minimum atomic E-state index is -0.993. The van der Waals surface area contributed by atoms with Gasteiger partial charge in [-0.25, -0.2) is 0 Å². The molecule has 5 rings (SSSR count). The summed E-state index contributed by atoms with van der Waals surface area (Å²) in [6.07, 6.45) is 4.69. The zero-order chi connectivity index (χ0) is 30.5. The number of likely N-dealkylation sites (tertiary alicyclic amines) is 1. The third-order valence-electron chi connectivity index (χ3n) is 8.63. The van der Waals surface area contributed by atoms with Crippen molar-refractivity contribution in [2.45, 2.75) is 36.0 Å². The molecule has 1 unspecified atom stereocenters. The Bertz CT molecular complexity index is 1620. The van der Waals surface area contributed by atoms with E-state index in [-0.39, 0.29) is 11.8 Å². The Balaban J connectivity index is 1.31. The van der Waals surface area contributed by atoms with Crippen LogP contribution in [0.2, 0.25) is 10.0 Å². The van der Waals surface area contributed by atoms with Crippen LogP contribution in [0.15, 0.2) is 83.8 Å². The molecule has 0 radical (unpaired) electrons. The van der Waals surface area contributed by atoms with Crippen molar-refractivity contribution in [3.05, 3.63) is 106 Å². The Morgan fingerprint density at radius 2 is 1.72 bits per heavy atom. The second-order valence-corrected chi connectivity index (χ2v) is 13.5. The van der Waals surface area contributed by atoms with Crippen molar-refractivity contribution in [1.29, 1.82) is 0 Å². The Hall–Kier alpha value is -2.90. The maximum Gasteiger partial charge on any atom is 0.258 e. The Morgan fingerprint density at radius 3 is 2.44 bits per heavy atom. The van der Waals surface area contributed by atoms with Gasteiger partial charge in [0.05, 0.1) is 33.5 Å². The molecule has 0 spiro atoms. The first-order chi connectivity index (χ1) is 20.8. The van der Waals surface area contributed by atoms with Crippen molar-refractivity contribution in [2.75, 3.05) is 46.6 Å². The summed E-state index contributed by atoms with van der Waals surface area (Å²) in [5.74, 6) is 0.969. The molecular formula is C35H38Cl2N2O3S. The number of hydrogen-bond donors (Lipinski definition) is 0. The van der Waals surface area contributed by atoms with Gasteiger partial charge in [0.25, 0.3) is 5.91 Å². The third-order valence-corrected chi connectivity index (χ3v) is 10.4. The van der Waals surface area contributed by atoms with Crippen LogP contribution in [0.3, 0.4) is 0 Å². The van der Waals surface area contributed by atoms with E-state index in [1.807, 2.05) is 79.8 Å². The number of benzene rings is 4. The van der Waals surface area contributed by atoms with Gasteiger partial charge in [0.2, 0.25) is 0 Å². The summed E-state index contributed by atoms with van der Waals surface area (Å²) in [4.78, 5) is 19.2. The number of amides is 1. The molecular weight excluding hydrogens is 599 g/mol. The normalized spacial score (nSPS) is 15.7. The minimum absolute atomic E-state index is 0.0608. The summed E-state index contributed by atoms with van der Waals surface area (Å²) in [6.45, 7) is 3.38. The molecule has 226 valence electrons. The van der Waals surface area contributed by atoms with Crippen molar-refractivity contribution >= 4 is 50.7 Å². The van der Waals surface area contributed by atoms with Crippen LogP contribution in [-0.4, -0.2) is 66.5 Å². The molecule has 0 bridgehead atoms. The second-order valence-electron chi connectivity index (χ2n) is 11.3. The van der Waals surface area contributed by atoms with E-state index < -0.39 is 10.8 Å². The molecule has 0 saturated carbocycles. The van der Waals surface area contributed by atoms with Gasteiger partial charge in [0, 0.05) is 30.7 Å². The van der Waals surface area contributed by atoms with Gasteiger partial charge in [-0.05, 0) is 91.0 Å². The zero-order valence-corrected chi connectivity index (χ0v) is 27.2. The third kappa shape index (κ3) is 7.26. The molecule has 0 aromatic heterocycles. The van der Waals surface area contributed by atoms with E-state index in [2.05, 4.69) is 11.0 Å². The Labute approximate surface area is 267 Å². The first-order valence-electron chi connectivity index (χ1n) is 14.7. The number of carbonyl (C=O) groups is 1. The topological polar surface area (TPSA) is 49.9 Å². The van der Waals surface area contributed by atoms with Gasteiger partial charge in [-0.1, -0.05) is 77.8 Å². The minimum Gasteiger partial charge on any atom is -0.496 e. The van der Waals surface area contributed by atoms with Crippen LogP contribution in [-0.2, 0) is 10.8 Å². The lowest BCUT2D eigenvalue weighted by atomic mass is 9.88. The van der Waals surface area contributed by atoms with Crippen molar-refractivity contribution < 1.29 is 13.7 Å². The van der Waals surface area contributed by atoms with E-state index in [0.717, 1.165) is 60.1 Å². The molecule has 1 aliphatic rings. The summed E-state index contributed by atoms with van der Waals surface area (Å²) in [5.41, 5.74) is 2.86. The van der Waals surface area contributed by atoms with Crippen LogP contribution in [0.5, 0.6) is 5.75 Å². The fourth-order valence-corrected chi connectivity index (χ4v) is 7.41. The zero-order valence-electron chi connectivity index (χ0n) is 24.9.